The predicted molar refractivity (Wildman–Crippen MR) is 104 cm³/mol. The van der Waals surface area contributed by atoms with Crippen molar-refractivity contribution in [2.45, 2.75) is 19.4 Å². The molecule has 1 aliphatic rings. The summed E-state index contributed by atoms with van der Waals surface area (Å²) in [6.07, 6.45) is 6.03. The van der Waals surface area contributed by atoms with Crippen LogP contribution in [0.1, 0.15) is 24.1 Å². The summed E-state index contributed by atoms with van der Waals surface area (Å²) in [6.45, 7) is 2.37. The lowest BCUT2D eigenvalue weighted by atomic mass is 9.95. The summed E-state index contributed by atoms with van der Waals surface area (Å²) in [5.41, 5.74) is 3.06. The maximum Gasteiger partial charge on any atom is 0.227 e. The Morgan fingerprint density at radius 1 is 1.30 bits per heavy atom. The molecule has 0 fully saturated rings. The molecular formula is C21H20ClN3O2. The van der Waals surface area contributed by atoms with Gasteiger partial charge < -0.3 is 14.6 Å². The highest BCUT2D eigenvalue weighted by Gasteiger charge is 2.27. The number of fused-ring (bicyclic) bond motifs is 1. The molecule has 2 heterocycles. The van der Waals surface area contributed by atoms with Crippen molar-refractivity contribution in [1.82, 2.24) is 14.9 Å². The number of carbonyl (C=O) groups excluding carboxylic acids is 1. The van der Waals surface area contributed by atoms with Crippen molar-refractivity contribution >= 4 is 17.5 Å². The van der Waals surface area contributed by atoms with Crippen LogP contribution in [-0.2, 0) is 11.2 Å². The fourth-order valence-corrected chi connectivity index (χ4v) is 3.49. The number of rotatable bonds is 4. The number of carbonyl (C=O) groups is 1. The van der Waals surface area contributed by atoms with Crippen LogP contribution in [-0.4, -0.2) is 22.1 Å². The second kappa shape index (κ2) is 7.45. The Kier molecular flexibility index (Phi) is 4.86. The summed E-state index contributed by atoms with van der Waals surface area (Å²) in [6, 6.07) is 13.5. The average molecular weight is 382 g/mol. The fraction of sp³-hybridized carbons (Fsp3) is 0.238. The topological polar surface area (TPSA) is 56.1 Å². The Morgan fingerprint density at radius 3 is 2.85 bits per heavy atom. The highest BCUT2D eigenvalue weighted by Crippen LogP contribution is 2.30. The SMILES string of the molecule is CC(NC(=O)C1COc2ccc(Cl)cc2C1)c1ccc(-n2ccnc2)cc1. The first-order valence-corrected chi connectivity index (χ1v) is 9.28. The molecule has 1 aliphatic heterocycles. The van der Waals surface area contributed by atoms with Crippen LogP contribution in [0.4, 0.5) is 0 Å². The Labute approximate surface area is 162 Å². The van der Waals surface area contributed by atoms with E-state index in [2.05, 4.69) is 10.3 Å². The Morgan fingerprint density at radius 2 is 2.11 bits per heavy atom. The minimum Gasteiger partial charge on any atom is -0.492 e. The molecule has 4 rings (SSSR count). The molecule has 5 nitrogen and oxygen atoms in total. The summed E-state index contributed by atoms with van der Waals surface area (Å²) in [5.74, 6) is 0.585. The van der Waals surface area contributed by atoms with Gasteiger partial charge in [0, 0.05) is 23.1 Å². The van der Waals surface area contributed by atoms with E-state index in [4.69, 9.17) is 16.3 Å². The second-order valence-corrected chi connectivity index (χ2v) is 7.19. The van der Waals surface area contributed by atoms with Crippen molar-refractivity contribution < 1.29 is 9.53 Å². The van der Waals surface area contributed by atoms with Gasteiger partial charge in [0.25, 0.3) is 0 Å². The smallest absolute Gasteiger partial charge is 0.227 e. The first kappa shape index (κ1) is 17.6. The number of hydrogen-bond acceptors (Lipinski definition) is 3. The van der Waals surface area contributed by atoms with Gasteiger partial charge in [-0.1, -0.05) is 23.7 Å². The molecule has 0 saturated heterocycles. The predicted octanol–water partition coefficient (Wildman–Crippen LogP) is 3.95. The van der Waals surface area contributed by atoms with Crippen LogP contribution in [0.3, 0.4) is 0 Å². The number of nitrogens with zero attached hydrogens (tertiary/aromatic N) is 2. The number of imidazole rings is 1. The Hall–Kier alpha value is -2.79. The van der Waals surface area contributed by atoms with Crippen molar-refractivity contribution in [2.24, 2.45) is 5.92 Å². The molecule has 2 aromatic carbocycles. The summed E-state index contributed by atoms with van der Waals surface area (Å²) >= 11 is 6.06. The minimum absolute atomic E-state index is 0.00758. The molecule has 0 spiro atoms. The van der Waals surface area contributed by atoms with E-state index in [0.717, 1.165) is 22.6 Å². The fourth-order valence-electron chi connectivity index (χ4n) is 3.29. The lowest BCUT2D eigenvalue weighted by molar-refractivity contribution is -0.126. The summed E-state index contributed by atoms with van der Waals surface area (Å²) < 4.78 is 7.67. The molecule has 27 heavy (non-hydrogen) atoms. The van der Waals surface area contributed by atoms with Gasteiger partial charge >= 0.3 is 0 Å². The van der Waals surface area contributed by atoms with Gasteiger partial charge in [-0.3, -0.25) is 4.79 Å². The molecule has 1 N–H and O–H groups in total. The molecule has 0 bridgehead atoms. The third kappa shape index (κ3) is 3.83. The summed E-state index contributed by atoms with van der Waals surface area (Å²) in [4.78, 5) is 16.7. The largest absolute Gasteiger partial charge is 0.492 e. The quantitative estimate of drug-likeness (QED) is 0.744. The monoisotopic (exact) mass is 381 g/mol. The van der Waals surface area contributed by atoms with E-state index in [1.165, 1.54) is 0 Å². The number of aromatic nitrogens is 2. The van der Waals surface area contributed by atoms with E-state index in [1.807, 2.05) is 54.1 Å². The number of ether oxygens (including phenoxy) is 1. The molecular weight excluding hydrogens is 362 g/mol. The van der Waals surface area contributed by atoms with Crippen LogP contribution in [0.25, 0.3) is 5.69 Å². The third-order valence-corrected chi connectivity index (χ3v) is 5.09. The lowest BCUT2D eigenvalue weighted by Crippen LogP contribution is -2.38. The van der Waals surface area contributed by atoms with Gasteiger partial charge in [0.2, 0.25) is 5.91 Å². The van der Waals surface area contributed by atoms with E-state index in [1.54, 1.807) is 18.6 Å². The minimum atomic E-state index is -0.219. The van der Waals surface area contributed by atoms with Crippen molar-refractivity contribution in [1.29, 1.82) is 0 Å². The molecule has 2 unspecified atom stereocenters. The van der Waals surface area contributed by atoms with Gasteiger partial charge in [-0.15, -0.1) is 0 Å². The van der Waals surface area contributed by atoms with E-state index in [9.17, 15) is 4.79 Å². The zero-order valence-corrected chi connectivity index (χ0v) is 15.7. The first-order valence-electron chi connectivity index (χ1n) is 8.90. The average Bonchev–Trinajstić information content (AvgIpc) is 3.22. The van der Waals surface area contributed by atoms with E-state index in [-0.39, 0.29) is 17.9 Å². The van der Waals surface area contributed by atoms with Crippen molar-refractivity contribution in [3.63, 3.8) is 0 Å². The molecule has 0 radical (unpaired) electrons. The highest BCUT2D eigenvalue weighted by atomic mass is 35.5. The van der Waals surface area contributed by atoms with E-state index >= 15 is 0 Å². The van der Waals surface area contributed by atoms with Gasteiger partial charge in [-0.25, -0.2) is 4.98 Å². The highest BCUT2D eigenvalue weighted by molar-refractivity contribution is 6.30. The van der Waals surface area contributed by atoms with Crippen molar-refractivity contribution in [3.8, 4) is 11.4 Å². The van der Waals surface area contributed by atoms with Crippen LogP contribution in [0, 0.1) is 5.92 Å². The van der Waals surface area contributed by atoms with Gasteiger partial charge in [-0.2, -0.15) is 0 Å². The maximum atomic E-state index is 12.7. The number of halogens is 1. The molecule has 2 atom stereocenters. The molecule has 0 saturated carbocycles. The zero-order chi connectivity index (χ0) is 18.8. The molecule has 1 aromatic heterocycles. The number of hydrogen-bond donors (Lipinski definition) is 1. The normalized spacial score (nSPS) is 16.9. The van der Waals surface area contributed by atoms with Gasteiger partial charge in [0.05, 0.1) is 18.3 Å². The van der Waals surface area contributed by atoms with E-state index < -0.39 is 0 Å². The molecule has 6 heteroatoms. The number of nitrogens with one attached hydrogen (secondary N) is 1. The molecule has 1 amide bonds. The van der Waals surface area contributed by atoms with Gasteiger partial charge in [-0.05, 0) is 54.8 Å². The number of benzene rings is 2. The summed E-state index contributed by atoms with van der Waals surface area (Å²) in [5, 5.41) is 3.75. The zero-order valence-electron chi connectivity index (χ0n) is 14.9. The van der Waals surface area contributed by atoms with E-state index in [0.29, 0.717) is 18.1 Å². The first-order chi connectivity index (χ1) is 13.1. The second-order valence-electron chi connectivity index (χ2n) is 6.76. The Balaban J connectivity index is 1.40. The summed E-state index contributed by atoms with van der Waals surface area (Å²) in [7, 11) is 0. The van der Waals surface area contributed by atoms with Crippen LogP contribution >= 0.6 is 11.6 Å². The lowest BCUT2D eigenvalue weighted by Gasteiger charge is -2.26. The van der Waals surface area contributed by atoms with Crippen LogP contribution < -0.4 is 10.1 Å². The van der Waals surface area contributed by atoms with Crippen LogP contribution in [0.5, 0.6) is 5.75 Å². The van der Waals surface area contributed by atoms with Gasteiger partial charge in [0.15, 0.2) is 0 Å². The van der Waals surface area contributed by atoms with Gasteiger partial charge in [0.1, 0.15) is 12.4 Å². The van der Waals surface area contributed by atoms with Crippen LogP contribution in [0.15, 0.2) is 61.2 Å². The standard InChI is InChI=1S/C21H20ClN3O2/c1-14(15-2-5-19(6-3-15)25-9-8-23-13-25)24-21(26)17-10-16-11-18(22)4-7-20(16)27-12-17/h2-9,11,13-14,17H,10,12H2,1H3,(H,24,26). The number of amides is 1. The molecule has 138 valence electrons. The molecule has 3 aromatic rings. The maximum absolute atomic E-state index is 12.7. The van der Waals surface area contributed by atoms with Crippen molar-refractivity contribution in [2.75, 3.05) is 6.61 Å². The molecule has 0 aliphatic carbocycles. The van der Waals surface area contributed by atoms with Crippen molar-refractivity contribution in [3.05, 3.63) is 77.3 Å². The van der Waals surface area contributed by atoms with Crippen LogP contribution in [0.2, 0.25) is 5.02 Å². The Bertz CT molecular complexity index is 939. The third-order valence-electron chi connectivity index (χ3n) is 4.85.